The Morgan fingerprint density at radius 1 is 1.10 bits per heavy atom. The Bertz CT molecular complexity index is 1090. The molecule has 7 heteroatoms. The quantitative estimate of drug-likeness (QED) is 0.573. The van der Waals surface area contributed by atoms with Crippen molar-refractivity contribution in [1.82, 2.24) is 9.78 Å². The Balaban J connectivity index is 1.96. The number of ether oxygens (including phenoxy) is 2. The van der Waals surface area contributed by atoms with Crippen LogP contribution in [0.15, 0.2) is 65.5 Å². The molecule has 0 saturated heterocycles. The Labute approximate surface area is 173 Å². The van der Waals surface area contributed by atoms with Gasteiger partial charge in [0.25, 0.3) is 5.56 Å². The van der Waals surface area contributed by atoms with Crippen molar-refractivity contribution in [3.63, 3.8) is 0 Å². The highest BCUT2D eigenvalue weighted by molar-refractivity contribution is 6.30. The highest BCUT2D eigenvalue weighted by Gasteiger charge is 2.16. The first-order valence-corrected chi connectivity index (χ1v) is 9.16. The number of halogens is 1. The Morgan fingerprint density at radius 3 is 2.41 bits per heavy atom. The summed E-state index contributed by atoms with van der Waals surface area (Å²) in [7, 11) is 2.82. The molecule has 2 aromatic carbocycles. The number of hydrogen-bond acceptors (Lipinski definition) is 5. The first-order valence-electron chi connectivity index (χ1n) is 8.79. The minimum absolute atomic E-state index is 0.0757. The molecular weight excluding hydrogens is 392 g/mol. The van der Waals surface area contributed by atoms with Gasteiger partial charge in [0.15, 0.2) is 0 Å². The van der Waals surface area contributed by atoms with Gasteiger partial charge in [-0.2, -0.15) is 5.10 Å². The highest BCUT2D eigenvalue weighted by atomic mass is 35.5. The molecule has 0 atom stereocenters. The van der Waals surface area contributed by atoms with Crippen molar-refractivity contribution in [2.24, 2.45) is 0 Å². The molecule has 29 heavy (non-hydrogen) atoms. The van der Waals surface area contributed by atoms with Crippen molar-refractivity contribution in [2.45, 2.75) is 6.54 Å². The van der Waals surface area contributed by atoms with Crippen LogP contribution in [0.3, 0.4) is 0 Å². The van der Waals surface area contributed by atoms with E-state index in [9.17, 15) is 9.59 Å². The molecule has 0 radical (unpaired) electrons. The fraction of sp³-hybridized carbons (Fsp3) is 0.136. The van der Waals surface area contributed by atoms with Crippen LogP contribution in [-0.2, 0) is 11.3 Å². The predicted octanol–water partition coefficient (Wildman–Crippen LogP) is 4.07. The van der Waals surface area contributed by atoms with Gasteiger partial charge in [0.2, 0.25) is 0 Å². The van der Waals surface area contributed by atoms with E-state index in [0.717, 1.165) is 11.1 Å². The van der Waals surface area contributed by atoms with Crippen LogP contribution < -0.4 is 10.3 Å². The summed E-state index contributed by atoms with van der Waals surface area (Å²) in [6.45, 7) is 0.190. The van der Waals surface area contributed by atoms with E-state index in [2.05, 4.69) is 5.10 Å². The maximum absolute atomic E-state index is 12.7. The number of carbonyl (C=O) groups is 1. The molecule has 0 unspecified atom stereocenters. The van der Waals surface area contributed by atoms with Crippen molar-refractivity contribution in [3.05, 3.63) is 87.2 Å². The average Bonchev–Trinajstić information content (AvgIpc) is 2.75. The third-order valence-electron chi connectivity index (χ3n) is 4.22. The summed E-state index contributed by atoms with van der Waals surface area (Å²) in [5.74, 6) is -0.0104. The molecular formula is C22H19ClN2O4. The fourth-order valence-electron chi connectivity index (χ4n) is 2.69. The summed E-state index contributed by atoms with van der Waals surface area (Å²) in [6.07, 6.45) is 3.64. The molecule has 6 nitrogen and oxygen atoms in total. The first-order chi connectivity index (χ1) is 14.0. The number of esters is 1. The van der Waals surface area contributed by atoms with Crippen LogP contribution in [0.2, 0.25) is 5.02 Å². The molecule has 0 bridgehead atoms. The van der Waals surface area contributed by atoms with Gasteiger partial charge >= 0.3 is 5.97 Å². The monoisotopic (exact) mass is 410 g/mol. The maximum atomic E-state index is 12.7. The van der Waals surface area contributed by atoms with E-state index in [-0.39, 0.29) is 12.1 Å². The van der Waals surface area contributed by atoms with Crippen molar-refractivity contribution in [3.8, 4) is 17.0 Å². The summed E-state index contributed by atoms with van der Waals surface area (Å²) in [5.41, 5.74) is 1.56. The Kier molecular flexibility index (Phi) is 6.46. The highest BCUT2D eigenvalue weighted by Crippen LogP contribution is 2.20. The second kappa shape index (κ2) is 9.21. The second-order valence-electron chi connectivity index (χ2n) is 6.10. The fourth-order valence-corrected chi connectivity index (χ4v) is 2.81. The average molecular weight is 411 g/mol. The number of carbonyl (C=O) groups excluding carboxylic acids is 1. The summed E-state index contributed by atoms with van der Waals surface area (Å²) in [5, 5.41) is 5.05. The smallest absolute Gasteiger partial charge is 0.343 e. The van der Waals surface area contributed by atoms with Gasteiger partial charge < -0.3 is 9.47 Å². The minimum atomic E-state index is -0.706. The first kappa shape index (κ1) is 20.4. The predicted molar refractivity (Wildman–Crippen MR) is 112 cm³/mol. The van der Waals surface area contributed by atoms with E-state index in [1.54, 1.807) is 49.6 Å². The summed E-state index contributed by atoms with van der Waals surface area (Å²) >= 11 is 5.89. The largest absolute Gasteiger partial charge is 0.497 e. The number of methoxy groups -OCH3 is 2. The Hall–Kier alpha value is -3.38. The number of rotatable bonds is 6. The molecule has 0 saturated carbocycles. The lowest BCUT2D eigenvalue weighted by atomic mass is 10.1. The standard InChI is InChI=1S/C22H19ClN2O4/c1-28-18-11-7-16(8-12-18)20-14-19(22(27)29-2)21(26)25(24-20)13-3-4-15-5-9-17(23)10-6-15/h3-12,14H,13H2,1-2H3. The number of hydrogen-bond donors (Lipinski definition) is 0. The molecule has 0 aliphatic heterocycles. The van der Waals surface area contributed by atoms with E-state index in [0.29, 0.717) is 16.5 Å². The zero-order valence-electron chi connectivity index (χ0n) is 16.0. The van der Waals surface area contributed by atoms with Gasteiger partial charge in [-0.25, -0.2) is 9.48 Å². The molecule has 0 aliphatic rings. The summed E-state index contributed by atoms with van der Waals surface area (Å²) in [6, 6.07) is 15.9. The van der Waals surface area contributed by atoms with Gasteiger partial charge in [-0.3, -0.25) is 4.79 Å². The molecule has 1 heterocycles. The molecule has 0 spiro atoms. The van der Waals surface area contributed by atoms with Gasteiger partial charge in [0.1, 0.15) is 11.3 Å². The lowest BCUT2D eigenvalue weighted by Crippen LogP contribution is -2.29. The van der Waals surface area contributed by atoms with E-state index < -0.39 is 11.5 Å². The van der Waals surface area contributed by atoms with Gasteiger partial charge in [0.05, 0.1) is 26.5 Å². The van der Waals surface area contributed by atoms with Gasteiger partial charge in [-0.1, -0.05) is 35.9 Å². The molecule has 148 valence electrons. The van der Waals surface area contributed by atoms with Crippen LogP contribution in [0, 0.1) is 0 Å². The lowest BCUT2D eigenvalue weighted by molar-refractivity contribution is 0.0597. The van der Waals surface area contributed by atoms with Crippen molar-refractivity contribution >= 4 is 23.6 Å². The van der Waals surface area contributed by atoms with Crippen molar-refractivity contribution < 1.29 is 14.3 Å². The van der Waals surface area contributed by atoms with Crippen LogP contribution in [-0.4, -0.2) is 30.0 Å². The van der Waals surface area contributed by atoms with Crippen molar-refractivity contribution in [2.75, 3.05) is 14.2 Å². The molecule has 1 aromatic heterocycles. The molecule has 0 N–H and O–H groups in total. The lowest BCUT2D eigenvalue weighted by Gasteiger charge is -2.09. The van der Waals surface area contributed by atoms with Crippen LogP contribution in [0.1, 0.15) is 15.9 Å². The zero-order chi connectivity index (χ0) is 20.8. The minimum Gasteiger partial charge on any atom is -0.497 e. The Morgan fingerprint density at radius 2 is 1.79 bits per heavy atom. The van der Waals surface area contributed by atoms with E-state index >= 15 is 0 Å². The number of nitrogens with zero attached hydrogens (tertiary/aromatic N) is 2. The molecule has 3 rings (SSSR count). The summed E-state index contributed by atoms with van der Waals surface area (Å²) in [4.78, 5) is 24.8. The number of allylic oxidation sites excluding steroid dienone is 1. The SMILES string of the molecule is COC(=O)c1cc(-c2ccc(OC)cc2)nn(CC=Cc2ccc(Cl)cc2)c1=O. The molecule has 3 aromatic rings. The van der Waals surface area contributed by atoms with Crippen LogP contribution in [0.25, 0.3) is 17.3 Å². The number of benzene rings is 2. The molecule has 0 fully saturated rings. The van der Waals surface area contributed by atoms with E-state index in [4.69, 9.17) is 21.1 Å². The van der Waals surface area contributed by atoms with Gasteiger partial charge in [-0.15, -0.1) is 0 Å². The third kappa shape index (κ3) is 4.92. The molecule has 0 aliphatic carbocycles. The maximum Gasteiger partial charge on any atom is 0.343 e. The topological polar surface area (TPSA) is 70.4 Å². The third-order valence-corrected chi connectivity index (χ3v) is 4.48. The van der Waals surface area contributed by atoms with E-state index in [1.807, 2.05) is 18.2 Å². The second-order valence-corrected chi connectivity index (χ2v) is 6.54. The number of aromatic nitrogens is 2. The van der Waals surface area contributed by atoms with E-state index in [1.165, 1.54) is 17.9 Å². The van der Waals surface area contributed by atoms with Crippen LogP contribution in [0.5, 0.6) is 5.75 Å². The van der Waals surface area contributed by atoms with Gasteiger partial charge in [-0.05, 0) is 48.0 Å². The van der Waals surface area contributed by atoms with Crippen LogP contribution >= 0.6 is 11.6 Å². The van der Waals surface area contributed by atoms with Gasteiger partial charge in [0, 0.05) is 10.6 Å². The normalized spacial score (nSPS) is 10.9. The van der Waals surface area contributed by atoms with Crippen LogP contribution in [0.4, 0.5) is 0 Å². The zero-order valence-corrected chi connectivity index (χ0v) is 16.7. The molecule has 0 amide bonds. The van der Waals surface area contributed by atoms with Crippen molar-refractivity contribution in [1.29, 1.82) is 0 Å². The summed E-state index contributed by atoms with van der Waals surface area (Å²) < 4.78 is 11.2.